The van der Waals surface area contributed by atoms with Crippen molar-refractivity contribution >= 4 is 35.1 Å². The molecule has 29 heavy (non-hydrogen) atoms. The van der Waals surface area contributed by atoms with E-state index < -0.39 is 17.8 Å². The highest BCUT2D eigenvalue weighted by Gasteiger charge is 2.36. The number of hydrogen-bond acceptors (Lipinski definition) is 4. The number of esters is 1. The van der Waals surface area contributed by atoms with Crippen LogP contribution in [0.5, 0.6) is 0 Å². The van der Waals surface area contributed by atoms with Gasteiger partial charge in [0.1, 0.15) is 0 Å². The Balaban J connectivity index is 1.49. The molecule has 7 heteroatoms. The fourth-order valence-electron chi connectivity index (χ4n) is 3.28. The molecule has 1 aliphatic heterocycles. The Morgan fingerprint density at radius 3 is 2.62 bits per heavy atom. The maximum Gasteiger partial charge on any atom is 0.311 e. The maximum atomic E-state index is 12.4. The van der Waals surface area contributed by atoms with Crippen molar-refractivity contribution in [2.45, 2.75) is 26.3 Å². The number of nitrogens with one attached hydrogen (secondary N) is 1. The molecule has 0 saturated carbocycles. The second-order valence-corrected chi connectivity index (χ2v) is 7.33. The summed E-state index contributed by atoms with van der Waals surface area (Å²) in [7, 11) is 0. The lowest BCUT2D eigenvalue weighted by Gasteiger charge is -2.19. The normalized spacial score (nSPS) is 16.0. The van der Waals surface area contributed by atoms with Crippen molar-refractivity contribution < 1.29 is 19.1 Å². The molecule has 0 aromatic heterocycles. The summed E-state index contributed by atoms with van der Waals surface area (Å²) in [6.45, 7) is 2.23. The predicted octanol–water partition coefficient (Wildman–Crippen LogP) is 3.11. The van der Waals surface area contributed by atoms with E-state index in [1.807, 2.05) is 43.3 Å². The second-order valence-electron chi connectivity index (χ2n) is 6.90. The van der Waals surface area contributed by atoms with Crippen molar-refractivity contribution in [1.29, 1.82) is 0 Å². The van der Waals surface area contributed by atoms with E-state index in [4.69, 9.17) is 16.3 Å². The van der Waals surface area contributed by atoms with Gasteiger partial charge in [0.2, 0.25) is 5.91 Å². The zero-order valence-corrected chi connectivity index (χ0v) is 16.9. The number of para-hydroxylation sites is 1. The molecule has 0 bridgehead atoms. The maximum absolute atomic E-state index is 12.4. The Bertz CT molecular complexity index is 898. The molecule has 2 aromatic carbocycles. The number of nitrogens with zero attached hydrogens (tertiary/aromatic N) is 1. The molecule has 1 heterocycles. The topological polar surface area (TPSA) is 75.7 Å². The van der Waals surface area contributed by atoms with Crippen LogP contribution in [0.1, 0.15) is 24.5 Å². The summed E-state index contributed by atoms with van der Waals surface area (Å²) in [5.41, 5.74) is 2.77. The number of anilines is 1. The zero-order valence-electron chi connectivity index (χ0n) is 16.2. The predicted molar refractivity (Wildman–Crippen MR) is 111 cm³/mol. The first kappa shape index (κ1) is 20.9. The van der Waals surface area contributed by atoms with E-state index in [9.17, 15) is 14.4 Å². The fourth-order valence-corrected chi connectivity index (χ4v) is 3.41. The van der Waals surface area contributed by atoms with E-state index in [1.165, 1.54) is 0 Å². The SMILES string of the molecule is CCc1ccccc1N1C[C@H](C(=O)OCC(=O)NCc2ccc(Cl)cc2)CC1=O. The summed E-state index contributed by atoms with van der Waals surface area (Å²) in [5.74, 6) is -1.61. The van der Waals surface area contributed by atoms with Gasteiger partial charge in [0, 0.05) is 30.2 Å². The van der Waals surface area contributed by atoms with Crippen molar-refractivity contribution in [3.05, 3.63) is 64.7 Å². The third-order valence-electron chi connectivity index (χ3n) is 4.87. The number of ether oxygens (including phenoxy) is 1. The van der Waals surface area contributed by atoms with Crippen LogP contribution in [0.2, 0.25) is 5.02 Å². The average Bonchev–Trinajstić information content (AvgIpc) is 3.13. The number of carbonyl (C=O) groups is 3. The second kappa shape index (κ2) is 9.56. The third kappa shape index (κ3) is 5.35. The highest BCUT2D eigenvalue weighted by atomic mass is 35.5. The lowest BCUT2D eigenvalue weighted by atomic mass is 10.1. The van der Waals surface area contributed by atoms with Crippen LogP contribution in [0.3, 0.4) is 0 Å². The summed E-state index contributed by atoms with van der Waals surface area (Å²) in [4.78, 5) is 38.3. The molecule has 0 radical (unpaired) electrons. The molecule has 1 aliphatic rings. The molecule has 6 nitrogen and oxygen atoms in total. The Labute approximate surface area is 174 Å². The quantitative estimate of drug-likeness (QED) is 0.706. The Morgan fingerprint density at radius 1 is 1.17 bits per heavy atom. The first-order valence-corrected chi connectivity index (χ1v) is 9.91. The van der Waals surface area contributed by atoms with Gasteiger partial charge in [0.15, 0.2) is 6.61 Å². The lowest BCUT2D eigenvalue weighted by molar-refractivity contribution is -0.152. The smallest absolute Gasteiger partial charge is 0.311 e. The number of rotatable bonds is 7. The van der Waals surface area contributed by atoms with Gasteiger partial charge in [0.25, 0.3) is 5.91 Å². The summed E-state index contributed by atoms with van der Waals surface area (Å²) in [5, 5.41) is 3.31. The molecule has 152 valence electrons. The van der Waals surface area contributed by atoms with E-state index in [0.717, 1.165) is 23.2 Å². The molecule has 2 amide bonds. The summed E-state index contributed by atoms with van der Waals surface area (Å²) in [6.07, 6.45) is 0.881. The van der Waals surface area contributed by atoms with Gasteiger partial charge in [-0.25, -0.2) is 0 Å². The monoisotopic (exact) mass is 414 g/mol. The van der Waals surface area contributed by atoms with Gasteiger partial charge in [-0.1, -0.05) is 48.9 Å². The standard InChI is InChI=1S/C22H23ClN2O4/c1-2-16-5-3-4-6-19(16)25-13-17(11-21(25)27)22(28)29-14-20(26)24-12-15-7-9-18(23)10-8-15/h3-10,17H,2,11-14H2,1H3,(H,24,26)/t17-/m1/s1. The van der Waals surface area contributed by atoms with Crippen LogP contribution < -0.4 is 10.2 Å². The molecule has 1 atom stereocenters. The number of hydrogen-bond donors (Lipinski definition) is 1. The largest absolute Gasteiger partial charge is 0.455 e. The van der Waals surface area contributed by atoms with Crippen LogP contribution in [0.4, 0.5) is 5.69 Å². The first-order valence-electron chi connectivity index (χ1n) is 9.54. The summed E-state index contributed by atoms with van der Waals surface area (Å²) < 4.78 is 5.13. The molecular weight excluding hydrogens is 392 g/mol. The molecule has 0 spiro atoms. The molecule has 1 N–H and O–H groups in total. The lowest BCUT2D eigenvalue weighted by Crippen LogP contribution is -2.31. The van der Waals surface area contributed by atoms with Crippen molar-refractivity contribution in [2.75, 3.05) is 18.1 Å². The van der Waals surface area contributed by atoms with Gasteiger partial charge >= 0.3 is 5.97 Å². The fraction of sp³-hybridized carbons (Fsp3) is 0.318. The number of carbonyl (C=O) groups excluding carboxylic acids is 3. The minimum atomic E-state index is -0.573. The van der Waals surface area contributed by atoms with Crippen LogP contribution in [0.15, 0.2) is 48.5 Å². The van der Waals surface area contributed by atoms with Crippen LogP contribution in [-0.2, 0) is 32.1 Å². The Hall–Kier alpha value is -2.86. The van der Waals surface area contributed by atoms with Crippen LogP contribution in [0.25, 0.3) is 0 Å². The van der Waals surface area contributed by atoms with E-state index in [-0.39, 0.29) is 25.5 Å². The van der Waals surface area contributed by atoms with E-state index in [2.05, 4.69) is 5.32 Å². The molecular formula is C22H23ClN2O4. The van der Waals surface area contributed by atoms with Crippen molar-refractivity contribution in [1.82, 2.24) is 5.32 Å². The zero-order chi connectivity index (χ0) is 20.8. The van der Waals surface area contributed by atoms with Gasteiger partial charge in [-0.05, 0) is 35.7 Å². The van der Waals surface area contributed by atoms with Crippen molar-refractivity contribution in [2.24, 2.45) is 5.92 Å². The van der Waals surface area contributed by atoms with Crippen LogP contribution >= 0.6 is 11.6 Å². The van der Waals surface area contributed by atoms with Crippen LogP contribution in [0, 0.1) is 5.92 Å². The number of halogens is 1. The molecule has 1 fully saturated rings. The number of benzene rings is 2. The summed E-state index contributed by atoms with van der Waals surface area (Å²) in [6, 6.07) is 14.7. The number of aryl methyl sites for hydroxylation is 1. The minimum Gasteiger partial charge on any atom is -0.455 e. The van der Waals surface area contributed by atoms with Crippen LogP contribution in [-0.4, -0.2) is 30.9 Å². The Morgan fingerprint density at radius 2 is 1.90 bits per heavy atom. The van der Waals surface area contributed by atoms with Gasteiger partial charge in [-0.3, -0.25) is 14.4 Å². The van der Waals surface area contributed by atoms with E-state index in [1.54, 1.807) is 17.0 Å². The molecule has 2 aromatic rings. The minimum absolute atomic E-state index is 0.0866. The highest BCUT2D eigenvalue weighted by Crippen LogP contribution is 2.29. The van der Waals surface area contributed by atoms with Gasteiger partial charge in [-0.15, -0.1) is 0 Å². The average molecular weight is 415 g/mol. The highest BCUT2D eigenvalue weighted by molar-refractivity contribution is 6.30. The summed E-state index contributed by atoms with van der Waals surface area (Å²) >= 11 is 5.83. The molecule has 0 aliphatic carbocycles. The van der Waals surface area contributed by atoms with E-state index in [0.29, 0.717) is 11.6 Å². The third-order valence-corrected chi connectivity index (χ3v) is 5.12. The number of amides is 2. The molecule has 3 rings (SSSR count). The van der Waals surface area contributed by atoms with E-state index >= 15 is 0 Å². The van der Waals surface area contributed by atoms with Gasteiger partial charge < -0.3 is 15.0 Å². The van der Waals surface area contributed by atoms with Gasteiger partial charge in [0.05, 0.1) is 5.92 Å². The van der Waals surface area contributed by atoms with Crippen molar-refractivity contribution in [3.63, 3.8) is 0 Å². The molecule has 0 unspecified atom stereocenters. The van der Waals surface area contributed by atoms with Crippen molar-refractivity contribution in [3.8, 4) is 0 Å². The van der Waals surface area contributed by atoms with Gasteiger partial charge in [-0.2, -0.15) is 0 Å². The Kier molecular flexibility index (Phi) is 6.88. The first-order chi connectivity index (χ1) is 14.0. The molecule has 1 saturated heterocycles.